The molecule has 0 aromatic heterocycles. The molecular weight excluding hydrogens is 368 g/mol. The first-order chi connectivity index (χ1) is 13.3. The summed E-state index contributed by atoms with van der Waals surface area (Å²) in [5.41, 5.74) is 9.92. The molecule has 2 rings (SSSR count). The van der Waals surface area contributed by atoms with Gasteiger partial charge in [0.25, 0.3) is 0 Å². The SMILES string of the molecule is C/C(=N/NC(C)C)c1ccc([S+]([O-])c2ccc(/C(C)=N\NC(C)C)cc2)cc1. The van der Waals surface area contributed by atoms with E-state index >= 15 is 0 Å². The molecule has 2 aromatic rings. The number of benzene rings is 2. The van der Waals surface area contributed by atoms with Crippen molar-refractivity contribution in [1.82, 2.24) is 10.9 Å². The van der Waals surface area contributed by atoms with Gasteiger partial charge in [-0.05, 0) is 101 Å². The molecule has 0 aliphatic rings. The number of hydrogen-bond donors (Lipinski definition) is 2. The largest absolute Gasteiger partial charge is 0.606 e. The van der Waals surface area contributed by atoms with Gasteiger partial charge in [0.15, 0.2) is 9.79 Å². The van der Waals surface area contributed by atoms with Crippen LogP contribution in [0.1, 0.15) is 52.7 Å². The van der Waals surface area contributed by atoms with Gasteiger partial charge in [-0.15, -0.1) is 0 Å². The van der Waals surface area contributed by atoms with Gasteiger partial charge < -0.3 is 15.4 Å². The minimum atomic E-state index is -1.22. The second-order valence-electron chi connectivity index (χ2n) is 7.28. The predicted octanol–water partition coefficient (Wildman–Crippen LogP) is 4.30. The van der Waals surface area contributed by atoms with Gasteiger partial charge in [0.2, 0.25) is 0 Å². The van der Waals surface area contributed by atoms with Gasteiger partial charge in [-0.25, -0.2) is 0 Å². The molecule has 0 amide bonds. The van der Waals surface area contributed by atoms with Crippen LogP contribution in [0.4, 0.5) is 0 Å². The zero-order chi connectivity index (χ0) is 20.7. The van der Waals surface area contributed by atoms with Gasteiger partial charge in [-0.1, -0.05) is 0 Å². The van der Waals surface area contributed by atoms with E-state index in [4.69, 9.17) is 0 Å². The van der Waals surface area contributed by atoms with Gasteiger partial charge in [-0.2, -0.15) is 10.2 Å². The molecule has 0 bridgehead atoms. The van der Waals surface area contributed by atoms with Crippen LogP contribution in [0.25, 0.3) is 0 Å². The lowest BCUT2D eigenvalue weighted by molar-refractivity contribution is 0.595. The molecule has 0 radical (unpaired) electrons. The number of nitrogens with zero attached hydrogens (tertiary/aromatic N) is 2. The van der Waals surface area contributed by atoms with Crippen molar-refractivity contribution in [2.24, 2.45) is 10.2 Å². The quantitative estimate of drug-likeness (QED) is 0.396. The molecule has 0 aliphatic carbocycles. The maximum absolute atomic E-state index is 12.9. The summed E-state index contributed by atoms with van der Waals surface area (Å²) < 4.78 is 12.9. The van der Waals surface area contributed by atoms with E-state index in [9.17, 15) is 4.55 Å². The number of hydrogen-bond acceptors (Lipinski definition) is 5. The molecule has 5 nitrogen and oxygen atoms in total. The second-order valence-corrected chi connectivity index (χ2v) is 8.76. The van der Waals surface area contributed by atoms with E-state index < -0.39 is 11.2 Å². The highest BCUT2D eigenvalue weighted by atomic mass is 32.2. The van der Waals surface area contributed by atoms with Crippen LogP contribution in [-0.2, 0) is 11.2 Å². The van der Waals surface area contributed by atoms with Crippen LogP contribution >= 0.6 is 0 Å². The van der Waals surface area contributed by atoms with Crippen LogP contribution in [0.5, 0.6) is 0 Å². The van der Waals surface area contributed by atoms with Crippen LogP contribution in [0.15, 0.2) is 68.5 Å². The van der Waals surface area contributed by atoms with Crippen LogP contribution < -0.4 is 10.9 Å². The van der Waals surface area contributed by atoms with Crippen LogP contribution in [0.2, 0.25) is 0 Å². The maximum Gasteiger partial charge on any atom is 0.158 e. The molecule has 2 N–H and O–H groups in total. The van der Waals surface area contributed by atoms with E-state index in [1.165, 1.54) is 0 Å². The molecule has 0 unspecified atom stereocenters. The summed E-state index contributed by atoms with van der Waals surface area (Å²) in [6, 6.07) is 16.0. The molecule has 150 valence electrons. The molecule has 0 aliphatic heterocycles. The van der Waals surface area contributed by atoms with Gasteiger partial charge in [-0.3, -0.25) is 0 Å². The fraction of sp³-hybridized carbons (Fsp3) is 0.364. The smallest absolute Gasteiger partial charge is 0.158 e. The van der Waals surface area contributed by atoms with E-state index in [1.54, 1.807) is 0 Å². The summed E-state index contributed by atoms with van der Waals surface area (Å²) in [5, 5.41) is 8.71. The average molecular weight is 399 g/mol. The van der Waals surface area contributed by atoms with Crippen LogP contribution in [-0.4, -0.2) is 28.1 Å². The first kappa shape index (κ1) is 22.0. The third-order valence-corrected chi connectivity index (χ3v) is 5.35. The predicted molar refractivity (Wildman–Crippen MR) is 119 cm³/mol. The Hall–Kier alpha value is -2.31. The van der Waals surface area contributed by atoms with Crippen molar-refractivity contribution in [2.45, 2.75) is 63.4 Å². The van der Waals surface area contributed by atoms with Crippen molar-refractivity contribution in [1.29, 1.82) is 0 Å². The summed E-state index contributed by atoms with van der Waals surface area (Å²) in [6.07, 6.45) is 0. The lowest BCUT2D eigenvalue weighted by Crippen LogP contribution is -2.18. The average Bonchev–Trinajstić information content (AvgIpc) is 2.69. The van der Waals surface area contributed by atoms with Gasteiger partial charge >= 0.3 is 0 Å². The molecule has 0 atom stereocenters. The normalized spacial score (nSPS) is 13.8. The second kappa shape index (κ2) is 10.3. The molecular formula is C22H30N4OS. The van der Waals surface area contributed by atoms with Gasteiger partial charge in [0.1, 0.15) is 0 Å². The van der Waals surface area contributed by atoms with Crippen molar-refractivity contribution in [3.63, 3.8) is 0 Å². The van der Waals surface area contributed by atoms with Gasteiger partial charge in [0, 0.05) is 23.3 Å². The Morgan fingerprint density at radius 2 is 1.04 bits per heavy atom. The molecule has 0 saturated carbocycles. The third kappa shape index (κ3) is 6.39. The summed E-state index contributed by atoms with van der Waals surface area (Å²) in [4.78, 5) is 1.54. The van der Waals surface area contributed by atoms with Crippen molar-refractivity contribution in [2.75, 3.05) is 0 Å². The van der Waals surface area contributed by atoms with Crippen LogP contribution in [0.3, 0.4) is 0 Å². The van der Waals surface area contributed by atoms with Crippen molar-refractivity contribution >= 4 is 22.6 Å². The van der Waals surface area contributed by atoms with E-state index in [2.05, 4.69) is 21.1 Å². The maximum atomic E-state index is 12.9. The third-order valence-electron chi connectivity index (χ3n) is 3.95. The van der Waals surface area contributed by atoms with Gasteiger partial charge in [0.05, 0.1) is 11.4 Å². The van der Waals surface area contributed by atoms with E-state index in [0.717, 1.165) is 32.3 Å². The van der Waals surface area contributed by atoms with E-state index in [-0.39, 0.29) is 0 Å². The number of hydrazone groups is 2. The highest BCUT2D eigenvalue weighted by Crippen LogP contribution is 2.22. The molecule has 0 fully saturated rings. The zero-order valence-electron chi connectivity index (χ0n) is 17.5. The summed E-state index contributed by atoms with van der Waals surface area (Å²) in [6.45, 7) is 12.1. The Balaban J connectivity index is 2.10. The fourth-order valence-corrected chi connectivity index (χ4v) is 3.40. The molecule has 6 heteroatoms. The van der Waals surface area contributed by atoms with Crippen molar-refractivity contribution < 1.29 is 4.55 Å². The Morgan fingerprint density at radius 3 is 1.32 bits per heavy atom. The molecule has 0 saturated heterocycles. The number of nitrogens with one attached hydrogen (secondary N) is 2. The standard InChI is InChI=1S/C22H30N4OS/c1-15(2)23-25-17(5)19-7-11-21(12-8-19)28(27)22-13-9-20(10-14-22)18(6)26-24-16(3)4/h7-16,23-24H,1-6H3/b25-17-,26-18-. The first-order valence-corrected chi connectivity index (χ1v) is 10.6. The van der Waals surface area contributed by atoms with Crippen molar-refractivity contribution in [3.8, 4) is 0 Å². The zero-order valence-corrected chi connectivity index (χ0v) is 18.3. The Kier molecular flexibility index (Phi) is 8.08. The first-order valence-electron chi connectivity index (χ1n) is 9.50. The number of rotatable bonds is 8. The lowest BCUT2D eigenvalue weighted by atomic mass is 10.1. The van der Waals surface area contributed by atoms with E-state index in [0.29, 0.717) is 12.1 Å². The molecule has 2 aromatic carbocycles. The molecule has 0 heterocycles. The topological polar surface area (TPSA) is 71.8 Å². The molecule has 0 spiro atoms. The minimum Gasteiger partial charge on any atom is -0.606 e. The lowest BCUT2D eigenvalue weighted by Gasteiger charge is -2.12. The monoisotopic (exact) mass is 398 g/mol. The summed E-state index contributed by atoms with van der Waals surface area (Å²) in [5.74, 6) is 0. The Morgan fingerprint density at radius 1 is 0.714 bits per heavy atom. The van der Waals surface area contributed by atoms with Crippen molar-refractivity contribution in [3.05, 3.63) is 59.7 Å². The van der Waals surface area contributed by atoms with E-state index in [1.807, 2.05) is 90.1 Å². The minimum absolute atomic E-state index is 0.291. The summed E-state index contributed by atoms with van der Waals surface area (Å²) >= 11 is -1.22. The summed E-state index contributed by atoms with van der Waals surface area (Å²) in [7, 11) is 0. The Labute approximate surface area is 171 Å². The molecule has 28 heavy (non-hydrogen) atoms. The highest BCUT2D eigenvalue weighted by Gasteiger charge is 2.15. The van der Waals surface area contributed by atoms with Crippen LogP contribution in [0, 0.1) is 0 Å². The highest BCUT2D eigenvalue weighted by molar-refractivity contribution is 7.91. The Bertz CT molecular complexity index is 742. The fourth-order valence-electron chi connectivity index (χ4n) is 2.36.